The quantitative estimate of drug-likeness (QED) is 0.507. The fraction of sp³-hybridized carbons (Fsp3) is 0.280. The van der Waals surface area contributed by atoms with Crippen molar-refractivity contribution in [2.75, 3.05) is 25.0 Å². The van der Waals surface area contributed by atoms with Gasteiger partial charge in [-0.2, -0.15) is 0 Å². The molecular weight excluding hydrogens is 386 g/mol. The van der Waals surface area contributed by atoms with Crippen LogP contribution >= 0.6 is 0 Å². The molecule has 1 aromatic carbocycles. The summed E-state index contributed by atoms with van der Waals surface area (Å²) in [5, 5.41) is 15.0. The van der Waals surface area contributed by atoms with Crippen LogP contribution < -0.4 is 5.32 Å². The number of aliphatic hydroxyl groups excluding tert-OH is 1. The Hall–Kier alpha value is -3.22. The van der Waals surface area contributed by atoms with Gasteiger partial charge < -0.3 is 15.0 Å². The predicted molar refractivity (Wildman–Crippen MR) is 124 cm³/mol. The molecule has 1 aliphatic heterocycles. The molecule has 0 fully saturated rings. The van der Waals surface area contributed by atoms with E-state index in [9.17, 15) is 5.11 Å². The lowest BCUT2D eigenvalue weighted by molar-refractivity contribution is 0.114. The Kier molecular flexibility index (Phi) is 5.40. The van der Waals surface area contributed by atoms with E-state index in [1.54, 1.807) is 6.20 Å². The number of nitrogens with zero attached hydrogens (tertiary/aromatic N) is 4. The summed E-state index contributed by atoms with van der Waals surface area (Å²) in [7, 11) is 2.00. The highest BCUT2D eigenvalue weighted by Crippen LogP contribution is 2.23. The molecule has 1 unspecified atom stereocenters. The molecule has 0 bridgehead atoms. The standard InChI is InChI=1S/C25H27N5O/c1-29-12-9-19-6-7-23(28-25(19)29)20-8-11-26-24(14-20)27-15-22(31)17-30-13-10-18-4-2-3-5-21(18)16-30/h2-9,11-12,14,22,31H,10,13,15-17H2,1H3,(H,26,27). The summed E-state index contributed by atoms with van der Waals surface area (Å²) in [6, 6.07) is 18.7. The number of pyridine rings is 2. The molecule has 5 rings (SSSR count). The molecule has 0 saturated carbocycles. The third-order valence-corrected chi connectivity index (χ3v) is 5.97. The SMILES string of the molecule is Cn1ccc2ccc(-c3ccnc(NCC(O)CN4CCc5ccccc5C4)c3)nc21. The van der Waals surface area contributed by atoms with Gasteiger partial charge in [-0.3, -0.25) is 4.90 Å². The lowest BCUT2D eigenvalue weighted by atomic mass is 10.00. The Labute approximate surface area is 182 Å². The van der Waals surface area contributed by atoms with Crippen LogP contribution in [0.2, 0.25) is 0 Å². The molecule has 1 aliphatic rings. The molecule has 0 aliphatic carbocycles. The highest BCUT2D eigenvalue weighted by Gasteiger charge is 2.18. The smallest absolute Gasteiger partial charge is 0.140 e. The van der Waals surface area contributed by atoms with Crippen LogP contribution in [-0.2, 0) is 20.0 Å². The van der Waals surface area contributed by atoms with Crippen molar-refractivity contribution in [1.29, 1.82) is 0 Å². The largest absolute Gasteiger partial charge is 0.390 e. The maximum absolute atomic E-state index is 10.6. The van der Waals surface area contributed by atoms with E-state index in [2.05, 4.69) is 51.6 Å². The molecule has 0 saturated heterocycles. The topological polar surface area (TPSA) is 66.2 Å². The van der Waals surface area contributed by atoms with E-state index in [0.717, 1.165) is 47.6 Å². The van der Waals surface area contributed by atoms with Gasteiger partial charge in [-0.05, 0) is 47.9 Å². The van der Waals surface area contributed by atoms with Crippen LogP contribution in [0.25, 0.3) is 22.3 Å². The molecule has 6 nitrogen and oxygen atoms in total. The minimum Gasteiger partial charge on any atom is -0.390 e. The molecule has 0 spiro atoms. The summed E-state index contributed by atoms with van der Waals surface area (Å²) < 4.78 is 2.02. The molecule has 1 atom stereocenters. The van der Waals surface area contributed by atoms with E-state index in [-0.39, 0.29) is 0 Å². The van der Waals surface area contributed by atoms with Gasteiger partial charge in [0.05, 0.1) is 11.8 Å². The highest BCUT2D eigenvalue weighted by atomic mass is 16.3. The zero-order valence-electron chi connectivity index (χ0n) is 17.7. The summed E-state index contributed by atoms with van der Waals surface area (Å²) in [5.74, 6) is 0.745. The molecule has 0 radical (unpaired) electrons. The minimum atomic E-state index is -0.464. The van der Waals surface area contributed by atoms with Gasteiger partial charge in [-0.15, -0.1) is 0 Å². The normalized spacial score (nSPS) is 15.0. The lowest BCUT2D eigenvalue weighted by Crippen LogP contribution is -2.39. The van der Waals surface area contributed by atoms with Gasteiger partial charge in [0.1, 0.15) is 11.5 Å². The maximum Gasteiger partial charge on any atom is 0.140 e. The summed E-state index contributed by atoms with van der Waals surface area (Å²) in [6.45, 7) is 2.98. The zero-order valence-corrected chi connectivity index (χ0v) is 17.7. The number of β-amino-alcohol motifs (C(OH)–C–C–N with tert-alkyl or cyclic N) is 1. The van der Waals surface area contributed by atoms with Crippen LogP contribution in [-0.4, -0.2) is 50.3 Å². The monoisotopic (exact) mass is 413 g/mol. The average molecular weight is 414 g/mol. The Morgan fingerprint density at radius 1 is 1.10 bits per heavy atom. The summed E-state index contributed by atoms with van der Waals surface area (Å²) in [4.78, 5) is 11.5. The van der Waals surface area contributed by atoms with Gasteiger partial charge in [0.2, 0.25) is 0 Å². The molecule has 4 heterocycles. The fourth-order valence-corrected chi connectivity index (χ4v) is 4.28. The third kappa shape index (κ3) is 4.31. The summed E-state index contributed by atoms with van der Waals surface area (Å²) >= 11 is 0. The minimum absolute atomic E-state index is 0.457. The van der Waals surface area contributed by atoms with Crippen molar-refractivity contribution in [1.82, 2.24) is 19.4 Å². The number of nitrogens with one attached hydrogen (secondary N) is 1. The third-order valence-electron chi connectivity index (χ3n) is 5.97. The number of hydrogen-bond acceptors (Lipinski definition) is 5. The van der Waals surface area contributed by atoms with E-state index >= 15 is 0 Å². The first kappa shape index (κ1) is 19.7. The molecular formula is C25H27N5O. The van der Waals surface area contributed by atoms with Crippen LogP contribution in [0.4, 0.5) is 5.82 Å². The van der Waals surface area contributed by atoms with Crippen molar-refractivity contribution in [3.8, 4) is 11.3 Å². The van der Waals surface area contributed by atoms with E-state index < -0.39 is 6.10 Å². The second-order valence-corrected chi connectivity index (χ2v) is 8.25. The van der Waals surface area contributed by atoms with E-state index in [0.29, 0.717) is 13.1 Å². The number of aromatic nitrogens is 3. The first-order valence-electron chi connectivity index (χ1n) is 10.8. The highest BCUT2D eigenvalue weighted by molar-refractivity contribution is 5.79. The van der Waals surface area contributed by atoms with E-state index in [4.69, 9.17) is 4.98 Å². The Balaban J connectivity index is 1.21. The van der Waals surface area contributed by atoms with Crippen LogP contribution in [0.1, 0.15) is 11.1 Å². The first-order valence-corrected chi connectivity index (χ1v) is 10.8. The first-order chi connectivity index (χ1) is 15.2. The van der Waals surface area contributed by atoms with Crippen molar-refractivity contribution in [2.45, 2.75) is 19.1 Å². The molecule has 0 amide bonds. The predicted octanol–water partition coefficient (Wildman–Crippen LogP) is 3.47. The number of hydrogen-bond donors (Lipinski definition) is 2. The summed E-state index contributed by atoms with van der Waals surface area (Å²) in [6.07, 6.45) is 4.37. The second kappa shape index (κ2) is 8.49. The van der Waals surface area contributed by atoms with Gasteiger partial charge >= 0.3 is 0 Å². The van der Waals surface area contributed by atoms with E-state index in [1.807, 2.05) is 36.0 Å². The number of aliphatic hydroxyl groups is 1. The van der Waals surface area contributed by atoms with Gasteiger partial charge in [-0.25, -0.2) is 9.97 Å². The molecule has 158 valence electrons. The number of fused-ring (bicyclic) bond motifs is 2. The molecule has 6 heteroatoms. The number of rotatable bonds is 6. The van der Waals surface area contributed by atoms with Crippen molar-refractivity contribution in [3.63, 3.8) is 0 Å². The number of anilines is 1. The van der Waals surface area contributed by atoms with Crippen molar-refractivity contribution in [3.05, 3.63) is 78.1 Å². The Bertz CT molecular complexity index is 1200. The van der Waals surface area contributed by atoms with Crippen molar-refractivity contribution in [2.24, 2.45) is 7.05 Å². The molecule has 3 aromatic heterocycles. The molecule has 2 N–H and O–H groups in total. The number of benzene rings is 1. The van der Waals surface area contributed by atoms with E-state index in [1.165, 1.54) is 11.1 Å². The van der Waals surface area contributed by atoms with Gasteiger partial charge in [0.15, 0.2) is 0 Å². The Morgan fingerprint density at radius 2 is 1.97 bits per heavy atom. The zero-order chi connectivity index (χ0) is 21.2. The van der Waals surface area contributed by atoms with Crippen LogP contribution in [0.3, 0.4) is 0 Å². The van der Waals surface area contributed by atoms with Crippen LogP contribution in [0, 0.1) is 0 Å². The second-order valence-electron chi connectivity index (χ2n) is 8.25. The van der Waals surface area contributed by atoms with Crippen LogP contribution in [0.5, 0.6) is 0 Å². The maximum atomic E-state index is 10.6. The number of aryl methyl sites for hydroxylation is 1. The van der Waals surface area contributed by atoms with Crippen molar-refractivity contribution < 1.29 is 5.11 Å². The average Bonchev–Trinajstić information content (AvgIpc) is 3.18. The molecule has 4 aromatic rings. The summed E-state index contributed by atoms with van der Waals surface area (Å²) in [5.41, 5.74) is 5.66. The van der Waals surface area contributed by atoms with Gasteiger partial charge in [-0.1, -0.05) is 24.3 Å². The lowest BCUT2D eigenvalue weighted by Gasteiger charge is -2.30. The van der Waals surface area contributed by atoms with Crippen molar-refractivity contribution >= 4 is 16.9 Å². The van der Waals surface area contributed by atoms with Crippen LogP contribution in [0.15, 0.2) is 67.0 Å². The van der Waals surface area contributed by atoms with Gasteiger partial charge in [0, 0.05) is 56.6 Å². The fourth-order valence-electron chi connectivity index (χ4n) is 4.28. The Morgan fingerprint density at radius 3 is 2.87 bits per heavy atom. The van der Waals surface area contributed by atoms with Gasteiger partial charge in [0.25, 0.3) is 0 Å². The molecule has 31 heavy (non-hydrogen) atoms.